The van der Waals surface area contributed by atoms with Gasteiger partial charge in [0.2, 0.25) is 5.91 Å². The first-order valence-electron chi connectivity index (χ1n) is 9.97. The minimum Gasteiger partial charge on any atom is -0.353 e. The van der Waals surface area contributed by atoms with E-state index in [1.807, 2.05) is 11.4 Å². The van der Waals surface area contributed by atoms with Crippen molar-refractivity contribution in [2.45, 2.75) is 70.8 Å². The van der Waals surface area contributed by atoms with E-state index >= 15 is 0 Å². The number of nitrogens with zero attached hydrogens (tertiary/aromatic N) is 3. The molecule has 3 heterocycles. The fraction of sp³-hybridized carbons (Fsp3) is 0.650. The number of nitrogens with one attached hydrogen (secondary N) is 2. The van der Waals surface area contributed by atoms with Crippen molar-refractivity contribution in [2.75, 3.05) is 13.1 Å². The monoisotopic (exact) mass is 355 g/mol. The van der Waals surface area contributed by atoms with E-state index in [0.29, 0.717) is 18.4 Å². The highest BCUT2D eigenvalue weighted by Gasteiger charge is 2.22. The van der Waals surface area contributed by atoms with Crippen molar-refractivity contribution in [2.24, 2.45) is 0 Å². The Kier molecular flexibility index (Phi) is 4.94. The van der Waals surface area contributed by atoms with Crippen LogP contribution in [0.25, 0.3) is 5.65 Å². The van der Waals surface area contributed by atoms with Crippen LogP contribution >= 0.6 is 0 Å². The summed E-state index contributed by atoms with van der Waals surface area (Å²) >= 11 is 0. The lowest BCUT2D eigenvalue weighted by molar-refractivity contribution is -0.121. The third-order valence-corrected chi connectivity index (χ3v) is 5.98. The Morgan fingerprint density at radius 3 is 2.85 bits per heavy atom. The standard InChI is InChI=1S/C20H29N5O/c1-13-17(7-8-20(26)23-16-5-3-4-6-16)14(2)25-19(22-13)11-18(24-25)15-9-10-21-12-15/h11,15-16,21H,3-10,12H2,1-2H3,(H,23,26). The smallest absolute Gasteiger partial charge is 0.220 e. The Labute approximate surface area is 154 Å². The molecule has 26 heavy (non-hydrogen) atoms. The quantitative estimate of drug-likeness (QED) is 0.864. The maximum absolute atomic E-state index is 12.3. The highest BCUT2D eigenvalue weighted by molar-refractivity contribution is 5.76. The van der Waals surface area contributed by atoms with Crippen LogP contribution in [0.5, 0.6) is 0 Å². The molecule has 1 amide bonds. The molecule has 2 fully saturated rings. The molecule has 6 nitrogen and oxygen atoms in total. The number of hydrogen-bond donors (Lipinski definition) is 2. The van der Waals surface area contributed by atoms with Crippen LogP contribution in [-0.2, 0) is 11.2 Å². The average Bonchev–Trinajstić information content (AvgIpc) is 3.35. The van der Waals surface area contributed by atoms with E-state index in [9.17, 15) is 4.79 Å². The third kappa shape index (κ3) is 3.47. The third-order valence-electron chi connectivity index (χ3n) is 5.98. The normalized spacial score (nSPS) is 20.9. The molecule has 0 spiro atoms. The lowest BCUT2D eigenvalue weighted by Crippen LogP contribution is -2.32. The van der Waals surface area contributed by atoms with Crippen LogP contribution in [-0.4, -0.2) is 39.6 Å². The number of hydrogen-bond acceptors (Lipinski definition) is 4. The summed E-state index contributed by atoms with van der Waals surface area (Å²) in [6.45, 7) is 6.19. The summed E-state index contributed by atoms with van der Waals surface area (Å²) in [5, 5.41) is 11.4. The molecule has 1 aliphatic heterocycles. The largest absolute Gasteiger partial charge is 0.353 e. The highest BCUT2D eigenvalue weighted by atomic mass is 16.1. The molecule has 0 aromatic carbocycles. The molecule has 0 radical (unpaired) electrons. The number of carbonyl (C=O) groups excluding carboxylic acids is 1. The minimum absolute atomic E-state index is 0.161. The van der Waals surface area contributed by atoms with Crippen molar-refractivity contribution < 1.29 is 4.79 Å². The van der Waals surface area contributed by atoms with Gasteiger partial charge in [-0.05, 0) is 51.6 Å². The lowest BCUT2D eigenvalue weighted by Gasteiger charge is -2.13. The number of carbonyl (C=O) groups is 1. The van der Waals surface area contributed by atoms with Crippen molar-refractivity contribution in [3.63, 3.8) is 0 Å². The topological polar surface area (TPSA) is 71.3 Å². The summed E-state index contributed by atoms with van der Waals surface area (Å²) in [5.41, 5.74) is 5.32. The van der Waals surface area contributed by atoms with Gasteiger partial charge in [-0.3, -0.25) is 4.79 Å². The molecule has 6 heteroatoms. The number of rotatable bonds is 5. The molecule has 1 aliphatic carbocycles. The van der Waals surface area contributed by atoms with Gasteiger partial charge in [0.05, 0.1) is 5.69 Å². The molecular weight excluding hydrogens is 326 g/mol. The predicted octanol–water partition coefficient (Wildman–Crippen LogP) is 2.41. The van der Waals surface area contributed by atoms with Crippen molar-refractivity contribution in [3.05, 3.63) is 28.7 Å². The van der Waals surface area contributed by atoms with Gasteiger partial charge in [-0.2, -0.15) is 5.10 Å². The number of aromatic nitrogens is 3. The molecule has 2 aromatic heterocycles. The second-order valence-corrected chi connectivity index (χ2v) is 7.84. The first-order chi connectivity index (χ1) is 12.6. The number of fused-ring (bicyclic) bond motifs is 1. The molecule has 140 valence electrons. The summed E-state index contributed by atoms with van der Waals surface area (Å²) in [5.74, 6) is 0.644. The zero-order chi connectivity index (χ0) is 18.1. The average molecular weight is 355 g/mol. The van der Waals surface area contributed by atoms with Crippen LogP contribution < -0.4 is 10.6 Å². The molecule has 1 saturated carbocycles. The fourth-order valence-electron chi connectivity index (χ4n) is 4.42. The lowest BCUT2D eigenvalue weighted by atomic mass is 10.1. The van der Waals surface area contributed by atoms with E-state index in [1.165, 1.54) is 12.8 Å². The van der Waals surface area contributed by atoms with Gasteiger partial charge in [0.15, 0.2) is 5.65 Å². The van der Waals surface area contributed by atoms with Crippen LogP contribution in [0.2, 0.25) is 0 Å². The van der Waals surface area contributed by atoms with Gasteiger partial charge in [-0.1, -0.05) is 12.8 Å². The van der Waals surface area contributed by atoms with E-state index in [0.717, 1.165) is 67.1 Å². The SMILES string of the molecule is Cc1nc2cc(C3CCNC3)nn2c(C)c1CCC(=O)NC1CCCC1. The number of aryl methyl sites for hydroxylation is 2. The summed E-state index contributed by atoms with van der Waals surface area (Å²) in [4.78, 5) is 17.0. The molecule has 1 saturated heterocycles. The molecule has 2 aliphatic rings. The van der Waals surface area contributed by atoms with Gasteiger partial charge < -0.3 is 10.6 Å². The molecule has 1 unspecified atom stereocenters. The van der Waals surface area contributed by atoms with Crippen molar-refractivity contribution in [3.8, 4) is 0 Å². The summed E-state index contributed by atoms with van der Waals surface area (Å²) in [6, 6.07) is 2.51. The van der Waals surface area contributed by atoms with Gasteiger partial charge >= 0.3 is 0 Å². The minimum atomic E-state index is 0.161. The van der Waals surface area contributed by atoms with E-state index < -0.39 is 0 Å². The first-order valence-corrected chi connectivity index (χ1v) is 9.97. The fourth-order valence-corrected chi connectivity index (χ4v) is 4.42. The van der Waals surface area contributed by atoms with Gasteiger partial charge in [-0.25, -0.2) is 9.50 Å². The maximum atomic E-state index is 12.3. The number of amides is 1. The summed E-state index contributed by atoms with van der Waals surface area (Å²) in [6.07, 6.45) is 7.11. The Hall–Kier alpha value is -1.95. The van der Waals surface area contributed by atoms with Crippen LogP contribution in [0.4, 0.5) is 0 Å². The van der Waals surface area contributed by atoms with Crippen LogP contribution in [0.3, 0.4) is 0 Å². The van der Waals surface area contributed by atoms with Gasteiger partial charge in [-0.15, -0.1) is 0 Å². The van der Waals surface area contributed by atoms with E-state index in [-0.39, 0.29) is 5.91 Å². The van der Waals surface area contributed by atoms with Gasteiger partial charge in [0.25, 0.3) is 0 Å². The Bertz CT molecular complexity index is 800. The highest BCUT2D eigenvalue weighted by Crippen LogP contribution is 2.24. The van der Waals surface area contributed by atoms with Crippen LogP contribution in [0.1, 0.15) is 67.1 Å². The molecule has 2 aromatic rings. The molecule has 1 atom stereocenters. The zero-order valence-electron chi connectivity index (χ0n) is 15.8. The predicted molar refractivity (Wildman–Crippen MR) is 101 cm³/mol. The van der Waals surface area contributed by atoms with E-state index in [2.05, 4.69) is 23.6 Å². The van der Waals surface area contributed by atoms with Crippen LogP contribution in [0, 0.1) is 13.8 Å². The molecular formula is C20H29N5O. The van der Waals surface area contributed by atoms with Crippen molar-refractivity contribution >= 4 is 11.6 Å². The molecule has 2 N–H and O–H groups in total. The van der Waals surface area contributed by atoms with E-state index in [1.54, 1.807) is 0 Å². The first kappa shape index (κ1) is 17.5. The second kappa shape index (κ2) is 7.35. The van der Waals surface area contributed by atoms with Crippen LogP contribution in [0.15, 0.2) is 6.07 Å². The Balaban J connectivity index is 1.49. The second-order valence-electron chi connectivity index (χ2n) is 7.84. The van der Waals surface area contributed by atoms with Crippen molar-refractivity contribution in [1.29, 1.82) is 0 Å². The molecule has 0 bridgehead atoms. The van der Waals surface area contributed by atoms with Crippen molar-refractivity contribution in [1.82, 2.24) is 25.2 Å². The molecule has 4 rings (SSSR count). The van der Waals surface area contributed by atoms with Gasteiger partial charge in [0, 0.05) is 42.4 Å². The van der Waals surface area contributed by atoms with Gasteiger partial charge in [0.1, 0.15) is 0 Å². The Morgan fingerprint density at radius 1 is 1.31 bits per heavy atom. The zero-order valence-corrected chi connectivity index (χ0v) is 15.8. The summed E-state index contributed by atoms with van der Waals surface area (Å²) < 4.78 is 1.96. The Morgan fingerprint density at radius 2 is 2.12 bits per heavy atom. The summed E-state index contributed by atoms with van der Waals surface area (Å²) in [7, 11) is 0. The maximum Gasteiger partial charge on any atom is 0.220 e. The van der Waals surface area contributed by atoms with E-state index in [4.69, 9.17) is 10.1 Å².